The number of fused-ring (bicyclic) bond motifs is 2. The van der Waals surface area contributed by atoms with Gasteiger partial charge in [0.05, 0.1) is 14.8 Å². The summed E-state index contributed by atoms with van der Waals surface area (Å²) in [5, 5.41) is 0.377. The third-order valence-corrected chi connectivity index (χ3v) is 3.98. The van der Waals surface area contributed by atoms with Crippen LogP contribution in [0.5, 0.6) is 0 Å². The third kappa shape index (κ3) is 0.480. The molecule has 0 N–H and O–H groups in total. The molecule has 0 atom stereocenters. The lowest BCUT2D eigenvalue weighted by molar-refractivity contribution is 0.589. The molecule has 0 spiro atoms. The highest BCUT2D eigenvalue weighted by Crippen LogP contribution is 2.41. The fourth-order valence-electron chi connectivity index (χ4n) is 0.978. The quantitative estimate of drug-likeness (QED) is 0.607. The topological polar surface area (TPSA) is 34.1 Å². The molecule has 0 fully saturated rings. The lowest BCUT2D eigenvalue weighted by atomic mass is 10.3. The van der Waals surface area contributed by atoms with E-state index in [-0.39, 0.29) is 9.79 Å². The molecule has 2 bridgehead atoms. The van der Waals surface area contributed by atoms with Crippen molar-refractivity contribution in [2.75, 3.05) is 0 Å². The molecule has 1 aromatic carbocycles. The number of benzene rings is 1. The van der Waals surface area contributed by atoms with Crippen LogP contribution in [0.25, 0.3) is 0 Å². The van der Waals surface area contributed by atoms with Crippen molar-refractivity contribution in [2.24, 2.45) is 0 Å². The van der Waals surface area contributed by atoms with Crippen molar-refractivity contribution in [3.63, 3.8) is 0 Å². The summed E-state index contributed by atoms with van der Waals surface area (Å²) in [5.41, 5.74) is 0. The average molecular weight is 175 g/mol. The second-order valence-corrected chi connectivity index (χ2v) is 4.34. The number of hydrogen-bond acceptors (Lipinski definition) is 2. The largest absolute Gasteiger partial charge is 0.218 e. The van der Waals surface area contributed by atoms with Gasteiger partial charge in [0.15, 0.2) is 0 Å². The molecule has 2 aliphatic heterocycles. The molecule has 0 aromatic heterocycles. The Hall–Kier alpha value is -0.540. The molecular weight excluding hydrogens is 172 g/mol. The highest BCUT2D eigenvalue weighted by Gasteiger charge is 2.34. The van der Waals surface area contributed by atoms with E-state index in [1.807, 2.05) is 0 Å². The van der Waals surface area contributed by atoms with Crippen LogP contribution < -0.4 is 0 Å². The molecule has 0 saturated carbocycles. The van der Waals surface area contributed by atoms with Crippen molar-refractivity contribution in [3.8, 4) is 0 Å². The van der Waals surface area contributed by atoms with Crippen LogP contribution in [0.1, 0.15) is 0 Å². The predicted molar refractivity (Wildman–Crippen MR) is 36.9 cm³/mol. The van der Waals surface area contributed by atoms with Gasteiger partial charge in [0.1, 0.15) is 0 Å². The summed E-state index contributed by atoms with van der Waals surface area (Å²) in [7, 11) is -3.09. The summed E-state index contributed by atoms with van der Waals surface area (Å²) in [5.74, 6) is 0. The highest BCUT2D eigenvalue weighted by atomic mass is 35.5. The molecule has 0 amide bonds. The van der Waals surface area contributed by atoms with Crippen LogP contribution in [0.3, 0.4) is 0 Å². The molecule has 0 radical (unpaired) electrons. The van der Waals surface area contributed by atoms with Crippen molar-refractivity contribution in [1.29, 1.82) is 0 Å². The highest BCUT2D eigenvalue weighted by molar-refractivity contribution is 7.93. The summed E-state index contributed by atoms with van der Waals surface area (Å²) in [4.78, 5) is 0.512. The summed E-state index contributed by atoms with van der Waals surface area (Å²) in [6, 6.07) is 4.69. The van der Waals surface area contributed by atoms with Crippen molar-refractivity contribution in [3.05, 3.63) is 23.2 Å². The van der Waals surface area contributed by atoms with Crippen LogP contribution in [-0.2, 0) is 9.84 Å². The average Bonchev–Trinajstić information content (AvgIpc) is 1.88. The van der Waals surface area contributed by atoms with Crippen molar-refractivity contribution in [2.45, 2.75) is 9.79 Å². The molecule has 2 nitrogen and oxygen atoms in total. The first-order chi connectivity index (χ1) is 4.64. The minimum Gasteiger partial charge on any atom is -0.218 e. The Balaban J connectivity index is 2.94. The monoisotopic (exact) mass is 174 g/mol. The molecule has 1 aromatic rings. The Morgan fingerprint density at radius 1 is 1.20 bits per heavy atom. The first kappa shape index (κ1) is 6.19. The van der Waals surface area contributed by atoms with Gasteiger partial charge in [-0.15, -0.1) is 0 Å². The van der Waals surface area contributed by atoms with Crippen molar-refractivity contribution < 1.29 is 8.42 Å². The fourth-order valence-corrected chi connectivity index (χ4v) is 3.00. The number of halogens is 1. The van der Waals surface area contributed by atoms with Crippen molar-refractivity contribution >= 4 is 21.4 Å². The van der Waals surface area contributed by atoms with E-state index in [4.69, 9.17) is 11.6 Å². The van der Waals surface area contributed by atoms with Crippen LogP contribution >= 0.6 is 11.6 Å². The summed E-state index contributed by atoms with van der Waals surface area (Å²) < 4.78 is 22.0. The second kappa shape index (κ2) is 1.54. The maximum Gasteiger partial charge on any atom is 0.209 e. The van der Waals surface area contributed by atoms with Gasteiger partial charge in [0, 0.05) is 0 Å². The summed E-state index contributed by atoms with van der Waals surface area (Å²) in [6.45, 7) is 0. The van der Waals surface area contributed by atoms with Gasteiger partial charge in [0.25, 0.3) is 0 Å². The molecular formula is C6H3ClO2S. The van der Waals surface area contributed by atoms with E-state index in [1.54, 1.807) is 6.07 Å². The van der Waals surface area contributed by atoms with E-state index >= 15 is 0 Å². The Kier molecular flexibility index (Phi) is 0.956. The lowest BCUT2D eigenvalue weighted by Gasteiger charge is -2.17. The van der Waals surface area contributed by atoms with Gasteiger partial charge in [0.2, 0.25) is 9.84 Å². The zero-order chi connectivity index (χ0) is 7.35. The van der Waals surface area contributed by atoms with Gasteiger partial charge < -0.3 is 0 Å². The van der Waals surface area contributed by atoms with Gasteiger partial charge in [-0.2, -0.15) is 0 Å². The zero-order valence-corrected chi connectivity index (χ0v) is 6.41. The predicted octanol–water partition coefficient (Wildman–Crippen LogP) is 1.49. The van der Waals surface area contributed by atoms with Gasteiger partial charge in [-0.05, 0) is 12.1 Å². The first-order valence-electron chi connectivity index (χ1n) is 2.67. The van der Waals surface area contributed by atoms with Gasteiger partial charge >= 0.3 is 0 Å². The minimum absolute atomic E-state index is 0.256. The molecule has 0 aliphatic carbocycles. The van der Waals surface area contributed by atoms with Crippen LogP contribution in [0.15, 0.2) is 28.0 Å². The molecule has 52 valence electrons. The number of sulfone groups is 1. The Bertz CT molecular complexity index is 366. The number of hydrogen-bond donors (Lipinski definition) is 0. The molecule has 0 unspecified atom stereocenters. The SMILES string of the molecule is O=S1(=O)c2cccc1c2Cl. The van der Waals surface area contributed by atoms with E-state index < -0.39 is 9.84 Å². The Morgan fingerprint density at radius 3 is 1.90 bits per heavy atom. The first-order valence-corrected chi connectivity index (χ1v) is 4.54. The van der Waals surface area contributed by atoms with Gasteiger partial charge in [-0.1, -0.05) is 17.7 Å². The molecule has 10 heavy (non-hydrogen) atoms. The summed E-state index contributed by atoms with van der Waals surface area (Å²) >= 11 is 5.58. The normalized spacial score (nSPS) is 18.1. The third-order valence-electron chi connectivity index (χ3n) is 1.51. The van der Waals surface area contributed by atoms with E-state index in [2.05, 4.69) is 0 Å². The minimum atomic E-state index is -3.09. The Morgan fingerprint density at radius 2 is 1.70 bits per heavy atom. The number of rotatable bonds is 0. The molecule has 2 aliphatic rings. The standard InChI is InChI=1S/C6H3ClO2S/c7-6-4-2-1-3-5(6)10(4,8)9/h1-3H. The maximum absolute atomic E-state index is 11.0. The molecule has 2 heterocycles. The lowest BCUT2D eigenvalue weighted by Crippen LogP contribution is -2.13. The molecule has 4 heteroatoms. The van der Waals surface area contributed by atoms with Crippen LogP contribution in [0.4, 0.5) is 0 Å². The van der Waals surface area contributed by atoms with Crippen LogP contribution in [-0.4, -0.2) is 8.42 Å². The molecule has 3 rings (SSSR count). The maximum atomic E-state index is 11.0. The fraction of sp³-hybridized carbons (Fsp3) is 0. The second-order valence-electron chi connectivity index (χ2n) is 2.07. The zero-order valence-electron chi connectivity index (χ0n) is 4.83. The van der Waals surface area contributed by atoms with E-state index in [0.717, 1.165) is 0 Å². The Labute approximate surface area is 63.4 Å². The van der Waals surface area contributed by atoms with Gasteiger partial charge in [-0.25, -0.2) is 8.42 Å². The van der Waals surface area contributed by atoms with Crippen LogP contribution in [0, 0.1) is 0 Å². The van der Waals surface area contributed by atoms with Gasteiger partial charge in [-0.3, -0.25) is 0 Å². The summed E-state index contributed by atoms with van der Waals surface area (Å²) in [6.07, 6.45) is 0. The molecule has 0 saturated heterocycles. The van der Waals surface area contributed by atoms with Crippen LogP contribution in [0.2, 0.25) is 5.02 Å². The van der Waals surface area contributed by atoms with Crippen molar-refractivity contribution in [1.82, 2.24) is 0 Å². The van der Waals surface area contributed by atoms with E-state index in [0.29, 0.717) is 5.02 Å². The van der Waals surface area contributed by atoms with E-state index in [1.165, 1.54) is 12.1 Å². The smallest absolute Gasteiger partial charge is 0.209 e. The van der Waals surface area contributed by atoms with E-state index in [9.17, 15) is 8.42 Å².